The van der Waals surface area contributed by atoms with Gasteiger partial charge in [-0.2, -0.15) is 0 Å². The van der Waals surface area contributed by atoms with Crippen molar-refractivity contribution < 1.29 is 4.74 Å². The number of hydrogen-bond donors (Lipinski definition) is 2. The van der Waals surface area contributed by atoms with E-state index in [1.807, 2.05) is 38.1 Å². The molecule has 1 aromatic carbocycles. The van der Waals surface area contributed by atoms with E-state index in [1.54, 1.807) is 6.20 Å². The molecule has 0 radical (unpaired) electrons. The van der Waals surface area contributed by atoms with Gasteiger partial charge in [-0.15, -0.1) is 0 Å². The first-order chi connectivity index (χ1) is 12.1. The second kappa shape index (κ2) is 7.83. The van der Waals surface area contributed by atoms with Gasteiger partial charge in [-0.1, -0.05) is 25.0 Å². The molecule has 0 atom stereocenters. The Kier molecular flexibility index (Phi) is 5.53. The highest BCUT2D eigenvalue weighted by molar-refractivity contribution is 7.80. The summed E-state index contributed by atoms with van der Waals surface area (Å²) >= 11 is 5.57. The van der Waals surface area contributed by atoms with Crippen LogP contribution in [-0.2, 0) is 5.54 Å². The molecular formula is C20H25N3OS. The van der Waals surface area contributed by atoms with E-state index in [1.165, 1.54) is 18.4 Å². The van der Waals surface area contributed by atoms with E-state index < -0.39 is 0 Å². The lowest BCUT2D eigenvalue weighted by molar-refractivity contribution is 0.339. The first-order valence-corrected chi connectivity index (χ1v) is 9.27. The zero-order valence-corrected chi connectivity index (χ0v) is 15.7. The number of aryl methyl sites for hydroxylation is 1. The van der Waals surface area contributed by atoms with Crippen LogP contribution in [0.2, 0.25) is 0 Å². The number of rotatable bonds is 5. The molecule has 1 saturated carbocycles. The topological polar surface area (TPSA) is 46.2 Å². The summed E-state index contributed by atoms with van der Waals surface area (Å²) in [4.78, 5) is 4.33. The molecule has 1 heterocycles. The van der Waals surface area contributed by atoms with Gasteiger partial charge < -0.3 is 15.4 Å². The molecular weight excluding hydrogens is 330 g/mol. The zero-order chi connectivity index (χ0) is 17.7. The van der Waals surface area contributed by atoms with Crippen molar-refractivity contribution in [2.75, 3.05) is 11.9 Å². The Morgan fingerprint density at radius 1 is 1.20 bits per heavy atom. The van der Waals surface area contributed by atoms with E-state index >= 15 is 0 Å². The fourth-order valence-corrected chi connectivity index (χ4v) is 3.77. The van der Waals surface area contributed by atoms with Crippen molar-refractivity contribution in [3.8, 4) is 5.75 Å². The maximum absolute atomic E-state index is 5.57. The average Bonchev–Trinajstić information content (AvgIpc) is 3.05. The van der Waals surface area contributed by atoms with Crippen LogP contribution in [0, 0.1) is 6.92 Å². The van der Waals surface area contributed by atoms with Crippen LogP contribution in [0.25, 0.3) is 0 Å². The third-order valence-electron chi connectivity index (χ3n) is 4.68. The van der Waals surface area contributed by atoms with Gasteiger partial charge in [-0.05, 0) is 74.3 Å². The molecule has 2 N–H and O–H groups in total. The van der Waals surface area contributed by atoms with Crippen molar-refractivity contribution in [3.63, 3.8) is 0 Å². The Bertz CT molecular complexity index is 724. The van der Waals surface area contributed by atoms with Gasteiger partial charge in [-0.3, -0.25) is 0 Å². The molecule has 0 bridgehead atoms. The summed E-state index contributed by atoms with van der Waals surface area (Å²) in [6.07, 6.45) is 6.34. The fourth-order valence-electron chi connectivity index (χ4n) is 3.47. The lowest BCUT2D eigenvalue weighted by atomic mass is 9.88. The Balaban J connectivity index is 1.74. The van der Waals surface area contributed by atoms with E-state index in [4.69, 9.17) is 17.0 Å². The average molecular weight is 356 g/mol. The number of anilines is 1. The van der Waals surface area contributed by atoms with Gasteiger partial charge in [0.25, 0.3) is 0 Å². The van der Waals surface area contributed by atoms with Crippen molar-refractivity contribution in [1.29, 1.82) is 0 Å². The molecule has 0 spiro atoms. The maximum Gasteiger partial charge on any atom is 0.172 e. The predicted octanol–water partition coefficient (Wildman–Crippen LogP) is 4.54. The Morgan fingerprint density at radius 3 is 2.56 bits per heavy atom. The van der Waals surface area contributed by atoms with E-state index in [9.17, 15) is 0 Å². The maximum atomic E-state index is 5.57. The summed E-state index contributed by atoms with van der Waals surface area (Å²) in [6.45, 7) is 4.72. The van der Waals surface area contributed by atoms with Gasteiger partial charge in [0.1, 0.15) is 11.6 Å². The standard InChI is InChI=1S/C20H25N3OS/c1-3-24-17-8-6-16(7-9-17)20(11-4-5-12-20)23-19(25)22-18-14-15(2)10-13-21-18/h6-10,13-14H,3-5,11-12H2,1-2H3,(H2,21,22,23,25). The van der Waals surface area contributed by atoms with Crippen LogP contribution >= 0.6 is 12.2 Å². The minimum Gasteiger partial charge on any atom is -0.494 e. The molecule has 3 rings (SSSR count). The molecule has 0 saturated heterocycles. The van der Waals surface area contributed by atoms with Gasteiger partial charge in [0, 0.05) is 6.20 Å². The summed E-state index contributed by atoms with van der Waals surface area (Å²) in [7, 11) is 0. The van der Waals surface area contributed by atoms with Gasteiger partial charge in [0.05, 0.1) is 12.1 Å². The van der Waals surface area contributed by atoms with Gasteiger partial charge in [0.15, 0.2) is 5.11 Å². The number of nitrogens with one attached hydrogen (secondary N) is 2. The van der Waals surface area contributed by atoms with Crippen molar-refractivity contribution in [2.24, 2.45) is 0 Å². The molecule has 2 aromatic rings. The molecule has 1 fully saturated rings. The molecule has 1 aliphatic carbocycles. The van der Waals surface area contributed by atoms with Crippen LogP contribution in [-0.4, -0.2) is 16.7 Å². The van der Waals surface area contributed by atoms with Crippen molar-refractivity contribution in [3.05, 3.63) is 53.7 Å². The molecule has 4 nitrogen and oxygen atoms in total. The molecule has 1 aliphatic rings. The number of ether oxygens (including phenoxy) is 1. The molecule has 5 heteroatoms. The third kappa shape index (κ3) is 4.28. The number of benzene rings is 1. The Morgan fingerprint density at radius 2 is 1.92 bits per heavy atom. The van der Waals surface area contributed by atoms with Gasteiger partial charge in [-0.25, -0.2) is 4.98 Å². The Hall–Kier alpha value is -2.14. The molecule has 0 amide bonds. The van der Waals surface area contributed by atoms with E-state index in [0.29, 0.717) is 11.7 Å². The summed E-state index contributed by atoms with van der Waals surface area (Å²) in [5.41, 5.74) is 2.30. The molecule has 132 valence electrons. The fraction of sp³-hybridized carbons (Fsp3) is 0.400. The van der Waals surface area contributed by atoms with Crippen molar-refractivity contribution in [2.45, 2.75) is 45.1 Å². The lowest BCUT2D eigenvalue weighted by Gasteiger charge is -2.32. The normalized spacial score (nSPS) is 15.6. The summed E-state index contributed by atoms with van der Waals surface area (Å²) < 4.78 is 5.56. The number of nitrogens with zero attached hydrogens (tertiary/aromatic N) is 1. The van der Waals surface area contributed by atoms with Crippen LogP contribution in [0.1, 0.15) is 43.7 Å². The first-order valence-electron chi connectivity index (χ1n) is 8.86. The van der Waals surface area contributed by atoms with Crippen molar-refractivity contribution >= 4 is 23.1 Å². The number of pyridine rings is 1. The van der Waals surface area contributed by atoms with Crippen LogP contribution in [0.5, 0.6) is 5.75 Å². The van der Waals surface area contributed by atoms with E-state index in [0.717, 1.165) is 30.0 Å². The summed E-state index contributed by atoms with van der Waals surface area (Å²) in [5.74, 6) is 1.68. The Labute approximate surface area is 155 Å². The highest BCUT2D eigenvalue weighted by atomic mass is 32.1. The first kappa shape index (κ1) is 17.7. The highest BCUT2D eigenvalue weighted by Gasteiger charge is 2.36. The minimum absolute atomic E-state index is 0.112. The van der Waals surface area contributed by atoms with Crippen LogP contribution in [0.15, 0.2) is 42.6 Å². The van der Waals surface area contributed by atoms with Gasteiger partial charge >= 0.3 is 0 Å². The van der Waals surface area contributed by atoms with Gasteiger partial charge in [0.2, 0.25) is 0 Å². The van der Waals surface area contributed by atoms with Crippen LogP contribution < -0.4 is 15.4 Å². The quantitative estimate of drug-likeness (QED) is 0.771. The van der Waals surface area contributed by atoms with Crippen LogP contribution in [0.3, 0.4) is 0 Å². The number of hydrogen-bond acceptors (Lipinski definition) is 3. The largest absolute Gasteiger partial charge is 0.494 e. The minimum atomic E-state index is -0.112. The summed E-state index contributed by atoms with van der Waals surface area (Å²) in [5, 5.41) is 7.41. The highest BCUT2D eigenvalue weighted by Crippen LogP contribution is 2.39. The molecule has 0 aliphatic heterocycles. The molecule has 25 heavy (non-hydrogen) atoms. The predicted molar refractivity (Wildman–Crippen MR) is 106 cm³/mol. The SMILES string of the molecule is CCOc1ccc(C2(NC(=S)Nc3cc(C)ccn3)CCCC2)cc1. The second-order valence-corrected chi connectivity index (χ2v) is 6.95. The van der Waals surface area contributed by atoms with E-state index in [-0.39, 0.29) is 5.54 Å². The molecule has 0 unspecified atom stereocenters. The van der Waals surface area contributed by atoms with Crippen molar-refractivity contribution in [1.82, 2.24) is 10.3 Å². The number of thiocarbonyl (C=S) groups is 1. The third-order valence-corrected chi connectivity index (χ3v) is 4.89. The lowest BCUT2D eigenvalue weighted by Crippen LogP contribution is -2.45. The zero-order valence-electron chi connectivity index (χ0n) is 14.8. The smallest absolute Gasteiger partial charge is 0.172 e. The number of aromatic nitrogens is 1. The monoisotopic (exact) mass is 355 g/mol. The summed E-state index contributed by atoms with van der Waals surface area (Å²) in [6, 6.07) is 12.3. The second-order valence-electron chi connectivity index (χ2n) is 6.54. The molecule has 1 aromatic heterocycles. The van der Waals surface area contributed by atoms with Crippen LogP contribution in [0.4, 0.5) is 5.82 Å². The van der Waals surface area contributed by atoms with E-state index in [2.05, 4.69) is 27.8 Å².